The number of methoxy groups -OCH3 is 1. The molecule has 0 radical (unpaired) electrons. The normalized spacial score (nSPS) is 12.7. The second kappa shape index (κ2) is 11.2. The molecule has 1 N–H and O–H groups in total. The van der Waals surface area contributed by atoms with Crippen molar-refractivity contribution in [3.8, 4) is 17.2 Å². The van der Waals surface area contributed by atoms with Crippen LogP contribution in [0.25, 0.3) is 0 Å². The van der Waals surface area contributed by atoms with Crippen LogP contribution in [0, 0.1) is 11.5 Å². The Balaban J connectivity index is 3.08. The number of nitrogens with zero attached hydrogens (tertiary/aromatic N) is 1. The van der Waals surface area contributed by atoms with Gasteiger partial charge in [-0.25, -0.2) is 0 Å². The van der Waals surface area contributed by atoms with Gasteiger partial charge in [0.25, 0.3) is 5.91 Å². The van der Waals surface area contributed by atoms with Crippen LogP contribution in [-0.2, 0) is 11.2 Å². The van der Waals surface area contributed by atoms with E-state index in [9.17, 15) is 9.90 Å². The predicted octanol–water partition coefficient (Wildman–Crippen LogP) is 5.04. The Morgan fingerprint density at radius 3 is 2.14 bits per heavy atom. The van der Waals surface area contributed by atoms with Gasteiger partial charge in [0.05, 0.1) is 19.8 Å². The summed E-state index contributed by atoms with van der Waals surface area (Å²) in [7, 11) is 1.38. The van der Waals surface area contributed by atoms with Crippen molar-refractivity contribution in [3.63, 3.8) is 0 Å². The highest BCUT2D eigenvalue weighted by Crippen LogP contribution is 2.40. The standard InChI is InChI=1S/C23H36BrNO3Si/c1-16(2)29(17(3)4,18(5)6)12-11-23(27)25(7)20(15-26)13-19-9-10-21(28-8)14-22(19)24/h9-10,14,16-18,20,26H,13,15H2,1-8H3/t20-/m1/s1. The zero-order valence-electron chi connectivity index (χ0n) is 19.0. The molecule has 29 heavy (non-hydrogen) atoms. The number of halogens is 1. The van der Waals surface area contributed by atoms with E-state index in [2.05, 4.69) is 68.9 Å². The number of amides is 1. The van der Waals surface area contributed by atoms with Gasteiger partial charge in [0.2, 0.25) is 0 Å². The monoisotopic (exact) mass is 481 g/mol. The van der Waals surface area contributed by atoms with Crippen molar-refractivity contribution in [2.75, 3.05) is 20.8 Å². The van der Waals surface area contributed by atoms with E-state index in [1.165, 1.54) is 0 Å². The summed E-state index contributed by atoms with van der Waals surface area (Å²) in [6, 6.07) is 5.38. The summed E-state index contributed by atoms with van der Waals surface area (Å²) in [5.74, 6) is 3.49. The van der Waals surface area contributed by atoms with Crippen molar-refractivity contribution < 1.29 is 14.6 Å². The molecular weight excluding hydrogens is 446 g/mol. The average molecular weight is 483 g/mol. The number of aliphatic hydroxyl groups is 1. The predicted molar refractivity (Wildman–Crippen MR) is 127 cm³/mol. The molecule has 1 amide bonds. The maximum absolute atomic E-state index is 12.9. The van der Waals surface area contributed by atoms with Crippen LogP contribution in [-0.4, -0.2) is 50.8 Å². The molecule has 0 fully saturated rings. The third kappa shape index (κ3) is 6.10. The highest BCUT2D eigenvalue weighted by molar-refractivity contribution is 9.10. The molecular formula is C23H36BrNO3Si. The molecule has 1 aromatic rings. The molecule has 1 aromatic carbocycles. The summed E-state index contributed by atoms with van der Waals surface area (Å²) in [5.41, 5.74) is 5.89. The van der Waals surface area contributed by atoms with Crippen molar-refractivity contribution in [1.29, 1.82) is 0 Å². The first kappa shape index (κ1) is 25.7. The highest BCUT2D eigenvalue weighted by Gasteiger charge is 2.42. The van der Waals surface area contributed by atoms with E-state index in [1.807, 2.05) is 18.2 Å². The van der Waals surface area contributed by atoms with Crippen LogP contribution in [0.1, 0.15) is 47.1 Å². The van der Waals surface area contributed by atoms with Gasteiger partial charge in [-0.1, -0.05) is 63.5 Å². The Morgan fingerprint density at radius 1 is 1.17 bits per heavy atom. The van der Waals surface area contributed by atoms with Crippen LogP contribution in [0.2, 0.25) is 16.6 Å². The smallest absolute Gasteiger partial charge is 0.297 e. The number of benzene rings is 1. The maximum atomic E-state index is 12.9. The van der Waals surface area contributed by atoms with Crippen LogP contribution in [0.4, 0.5) is 0 Å². The lowest BCUT2D eigenvalue weighted by molar-refractivity contribution is -0.126. The van der Waals surface area contributed by atoms with E-state index >= 15 is 0 Å². The molecule has 0 spiro atoms. The second-order valence-corrected chi connectivity index (χ2v) is 15.0. The summed E-state index contributed by atoms with van der Waals surface area (Å²) in [6.07, 6.45) is 0.534. The fourth-order valence-corrected chi connectivity index (χ4v) is 9.96. The minimum atomic E-state index is -1.97. The quantitative estimate of drug-likeness (QED) is 0.417. The van der Waals surface area contributed by atoms with Crippen molar-refractivity contribution >= 4 is 29.9 Å². The Labute approximate surface area is 186 Å². The number of carbonyl (C=O) groups excluding carboxylic acids is 1. The maximum Gasteiger partial charge on any atom is 0.297 e. The lowest BCUT2D eigenvalue weighted by Gasteiger charge is -2.38. The van der Waals surface area contributed by atoms with Crippen molar-refractivity contribution in [3.05, 3.63) is 28.2 Å². The molecule has 0 aliphatic heterocycles. The molecule has 0 bridgehead atoms. The van der Waals surface area contributed by atoms with Crippen LogP contribution in [0.15, 0.2) is 22.7 Å². The number of rotatable bonds is 8. The van der Waals surface area contributed by atoms with E-state index in [0.29, 0.717) is 23.0 Å². The lowest BCUT2D eigenvalue weighted by Crippen LogP contribution is -2.44. The van der Waals surface area contributed by atoms with Crippen LogP contribution < -0.4 is 4.74 Å². The molecule has 0 aromatic heterocycles. The zero-order valence-corrected chi connectivity index (χ0v) is 21.6. The van der Waals surface area contributed by atoms with E-state index < -0.39 is 8.07 Å². The van der Waals surface area contributed by atoms with Gasteiger partial charge in [0.15, 0.2) is 0 Å². The Bertz CT molecular complexity index is 730. The molecule has 0 unspecified atom stereocenters. The summed E-state index contributed by atoms with van der Waals surface area (Å²) in [5, 5.41) is 9.92. The van der Waals surface area contributed by atoms with Gasteiger partial charge in [-0.15, -0.1) is 5.54 Å². The van der Waals surface area contributed by atoms with E-state index in [-0.39, 0.29) is 18.6 Å². The Kier molecular flexibility index (Phi) is 9.94. The van der Waals surface area contributed by atoms with Gasteiger partial charge in [-0.3, -0.25) is 4.79 Å². The fourth-order valence-electron chi connectivity index (χ4n) is 4.25. The van der Waals surface area contributed by atoms with Gasteiger partial charge < -0.3 is 14.7 Å². The second-order valence-electron chi connectivity index (χ2n) is 8.56. The van der Waals surface area contributed by atoms with E-state index in [4.69, 9.17) is 4.74 Å². The first-order valence-corrected chi connectivity index (χ1v) is 13.3. The average Bonchev–Trinajstić information content (AvgIpc) is 2.65. The zero-order chi connectivity index (χ0) is 22.4. The first-order valence-electron chi connectivity index (χ1n) is 10.2. The number of ether oxygens (including phenoxy) is 1. The largest absolute Gasteiger partial charge is 0.497 e. The van der Waals surface area contributed by atoms with Crippen LogP contribution in [0.5, 0.6) is 5.75 Å². The van der Waals surface area contributed by atoms with Crippen molar-refractivity contribution in [2.24, 2.45) is 0 Å². The molecule has 162 valence electrons. The molecule has 0 aliphatic carbocycles. The van der Waals surface area contributed by atoms with Gasteiger partial charge >= 0.3 is 0 Å². The molecule has 4 nitrogen and oxygen atoms in total. The number of carbonyl (C=O) groups is 1. The molecule has 0 heterocycles. The van der Waals surface area contributed by atoms with E-state index in [0.717, 1.165) is 15.8 Å². The van der Waals surface area contributed by atoms with E-state index in [1.54, 1.807) is 19.1 Å². The number of aliphatic hydroxyl groups excluding tert-OH is 1. The topological polar surface area (TPSA) is 49.8 Å². The van der Waals surface area contributed by atoms with Gasteiger partial charge in [-0.05, 0) is 46.7 Å². The van der Waals surface area contributed by atoms with Gasteiger partial charge in [-0.2, -0.15) is 0 Å². The van der Waals surface area contributed by atoms with Crippen molar-refractivity contribution in [1.82, 2.24) is 4.90 Å². The fraction of sp³-hybridized carbons (Fsp3) is 0.609. The molecule has 0 saturated heterocycles. The SMILES string of the molecule is COc1ccc(C[C@H](CO)N(C)C(=O)C#C[Si](C(C)C)(C(C)C)C(C)C)c(Br)c1. The summed E-state index contributed by atoms with van der Waals surface area (Å²) in [4.78, 5) is 14.4. The Morgan fingerprint density at radius 2 is 1.72 bits per heavy atom. The van der Waals surface area contributed by atoms with Crippen LogP contribution >= 0.6 is 15.9 Å². The summed E-state index contributed by atoms with van der Waals surface area (Å²) < 4.78 is 6.13. The summed E-state index contributed by atoms with van der Waals surface area (Å²) >= 11 is 3.55. The minimum absolute atomic E-state index is 0.122. The first-order chi connectivity index (χ1) is 13.5. The van der Waals surface area contributed by atoms with Crippen LogP contribution in [0.3, 0.4) is 0 Å². The Hall–Kier alpha value is -1.29. The van der Waals surface area contributed by atoms with Gasteiger partial charge in [0, 0.05) is 11.5 Å². The minimum Gasteiger partial charge on any atom is -0.497 e. The van der Waals surface area contributed by atoms with Crippen molar-refractivity contribution in [2.45, 2.75) is 70.6 Å². The molecule has 0 saturated carbocycles. The molecule has 6 heteroatoms. The third-order valence-electron chi connectivity index (χ3n) is 6.05. The number of hydrogen-bond donors (Lipinski definition) is 1. The van der Waals surface area contributed by atoms with Gasteiger partial charge in [0.1, 0.15) is 13.8 Å². The molecule has 1 rings (SSSR count). The third-order valence-corrected chi connectivity index (χ3v) is 13.1. The highest BCUT2D eigenvalue weighted by atomic mass is 79.9. The lowest BCUT2D eigenvalue weighted by atomic mass is 10.1. The summed E-state index contributed by atoms with van der Waals surface area (Å²) in [6.45, 7) is 13.3. The number of likely N-dealkylation sites (N-methyl/N-ethyl adjacent to an activating group) is 1. The molecule has 1 atom stereocenters. The number of hydrogen-bond acceptors (Lipinski definition) is 3. The molecule has 0 aliphatic rings.